The molecule has 0 atom stereocenters. The number of methoxy groups -OCH3 is 1. The minimum absolute atomic E-state index is 0.237. The van der Waals surface area contributed by atoms with Gasteiger partial charge in [-0.15, -0.1) is 0 Å². The first-order valence-corrected chi connectivity index (χ1v) is 6.85. The second-order valence-electron chi connectivity index (χ2n) is 4.95. The summed E-state index contributed by atoms with van der Waals surface area (Å²) in [4.78, 5) is 0. The summed E-state index contributed by atoms with van der Waals surface area (Å²) >= 11 is 3.34. The molecule has 2 rings (SSSR count). The third-order valence-electron chi connectivity index (χ3n) is 3.44. The fourth-order valence-corrected chi connectivity index (χ4v) is 2.91. The van der Waals surface area contributed by atoms with Crippen molar-refractivity contribution >= 4 is 15.9 Å². The van der Waals surface area contributed by atoms with Crippen LogP contribution in [-0.2, 0) is 5.41 Å². The van der Waals surface area contributed by atoms with Crippen molar-refractivity contribution in [2.75, 3.05) is 7.11 Å². The molecule has 3 heteroatoms. The van der Waals surface area contributed by atoms with E-state index in [4.69, 9.17) is 4.74 Å². The van der Waals surface area contributed by atoms with E-state index in [0.717, 1.165) is 16.9 Å². The standard InChI is InChI=1S/C16H16BrFO/c1-16(2,11-7-9-12(19-3)10-8-11)13-5-4-6-14(18)15(13)17/h4-10H,1-3H3. The second kappa shape index (κ2) is 5.33. The highest BCUT2D eigenvalue weighted by atomic mass is 79.9. The zero-order valence-electron chi connectivity index (χ0n) is 11.2. The molecule has 1 nitrogen and oxygen atoms in total. The third-order valence-corrected chi connectivity index (χ3v) is 4.24. The Kier molecular flexibility index (Phi) is 3.95. The molecule has 0 aliphatic heterocycles. The first-order valence-electron chi connectivity index (χ1n) is 6.06. The lowest BCUT2D eigenvalue weighted by atomic mass is 9.78. The van der Waals surface area contributed by atoms with Crippen LogP contribution in [0.2, 0.25) is 0 Å². The van der Waals surface area contributed by atoms with Crippen molar-refractivity contribution in [2.24, 2.45) is 0 Å². The van der Waals surface area contributed by atoms with Gasteiger partial charge in [-0.3, -0.25) is 0 Å². The summed E-state index contributed by atoms with van der Waals surface area (Å²) in [5.74, 6) is 0.581. The van der Waals surface area contributed by atoms with Crippen LogP contribution in [0.1, 0.15) is 25.0 Å². The van der Waals surface area contributed by atoms with Gasteiger partial charge in [0, 0.05) is 5.41 Å². The number of rotatable bonds is 3. The average molecular weight is 323 g/mol. The Morgan fingerprint density at radius 2 is 1.68 bits per heavy atom. The molecule has 0 aliphatic carbocycles. The van der Waals surface area contributed by atoms with Gasteiger partial charge in [-0.25, -0.2) is 4.39 Å². The van der Waals surface area contributed by atoms with E-state index in [1.165, 1.54) is 6.07 Å². The van der Waals surface area contributed by atoms with Crippen LogP contribution in [0.5, 0.6) is 5.75 Å². The van der Waals surface area contributed by atoms with Gasteiger partial charge in [-0.05, 0) is 45.3 Å². The van der Waals surface area contributed by atoms with E-state index in [1.807, 2.05) is 30.3 Å². The first kappa shape index (κ1) is 14.1. The van der Waals surface area contributed by atoms with Crippen molar-refractivity contribution in [3.63, 3.8) is 0 Å². The summed E-state index contributed by atoms with van der Waals surface area (Å²) in [6, 6.07) is 13.0. The van der Waals surface area contributed by atoms with Crippen molar-refractivity contribution < 1.29 is 9.13 Å². The molecule has 2 aromatic rings. The fourth-order valence-electron chi connectivity index (χ4n) is 2.15. The first-order chi connectivity index (χ1) is 8.96. The largest absolute Gasteiger partial charge is 0.497 e. The lowest BCUT2D eigenvalue weighted by Gasteiger charge is -2.27. The molecule has 0 heterocycles. The Hall–Kier alpha value is -1.35. The maximum absolute atomic E-state index is 13.7. The Morgan fingerprint density at radius 3 is 2.26 bits per heavy atom. The number of hydrogen-bond acceptors (Lipinski definition) is 1. The Balaban J connectivity index is 2.48. The summed E-state index contributed by atoms with van der Waals surface area (Å²) in [6.07, 6.45) is 0. The molecule has 2 aromatic carbocycles. The van der Waals surface area contributed by atoms with Gasteiger partial charge in [-0.1, -0.05) is 38.1 Å². The topological polar surface area (TPSA) is 9.23 Å². The lowest BCUT2D eigenvalue weighted by molar-refractivity contribution is 0.414. The van der Waals surface area contributed by atoms with E-state index in [0.29, 0.717) is 4.47 Å². The molecular weight excluding hydrogens is 307 g/mol. The zero-order valence-corrected chi connectivity index (χ0v) is 12.8. The smallest absolute Gasteiger partial charge is 0.137 e. The molecule has 19 heavy (non-hydrogen) atoms. The molecule has 0 saturated heterocycles. The van der Waals surface area contributed by atoms with Gasteiger partial charge < -0.3 is 4.74 Å². The number of halogens is 2. The third kappa shape index (κ3) is 2.66. The predicted octanol–water partition coefficient (Wildman–Crippen LogP) is 4.92. The molecule has 0 amide bonds. The van der Waals surface area contributed by atoms with Crippen molar-refractivity contribution in [1.29, 1.82) is 0 Å². The van der Waals surface area contributed by atoms with E-state index < -0.39 is 0 Å². The fraction of sp³-hybridized carbons (Fsp3) is 0.250. The molecule has 0 aromatic heterocycles. The van der Waals surface area contributed by atoms with E-state index in [-0.39, 0.29) is 11.2 Å². The van der Waals surface area contributed by atoms with Crippen LogP contribution in [0.15, 0.2) is 46.9 Å². The lowest BCUT2D eigenvalue weighted by Crippen LogP contribution is -2.19. The van der Waals surface area contributed by atoms with Gasteiger partial charge in [-0.2, -0.15) is 0 Å². The van der Waals surface area contributed by atoms with Crippen LogP contribution < -0.4 is 4.74 Å². The molecule has 0 aliphatic rings. The SMILES string of the molecule is COc1ccc(C(C)(C)c2cccc(F)c2Br)cc1. The maximum atomic E-state index is 13.7. The van der Waals surface area contributed by atoms with E-state index in [9.17, 15) is 4.39 Å². The molecule has 0 radical (unpaired) electrons. The normalized spacial score (nSPS) is 11.4. The predicted molar refractivity (Wildman–Crippen MR) is 79.2 cm³/mol. The Morgan fingerprint density at radius 1 is 1.05 bits per heavy atom. The van der Waals surface area contributed by atoms with E-state index in [2.05, 4.69) is 29.8 Å². The molecule has 0 saturated carbocycles. The van der Waals surface area contributed by atoms with Crippen LogP contribution >= 0.6 is 15.9 Å². The minimum Gasteiger partial charge on any atom is -0.497 e. The highest BCUT2D eigenvalue weighted by molar-refractivity contribution is 9.10. The van der Waals surface area contributed by atoms with Crippen LogP contribution in [0.3, 0.4) is 0 Å². The summed E-state index contributed by atoms with van der Waals surface area (Å²) < 4.78 is 19.4. The molecule has 100 valence electrons. The van der Waals surface area contributed by atoms with Crippen LogP contribution in [0, 0.1) is 5.82 Å². The summed E-state index contributed by atoms with van der Waals surface area (Å²) in [7, 11) is 1.64. The van der Waals surface area contributed by atoms with Gasteiger partial charge in [0.1, 0.15) is 11.6 Å². The zero-order chi connectivity index (χ0) is 14.0. The number of hydrogen-bond donors (Lipinski definition) is 0. The second-order valence-corrected chi connectivity index (χ2v) is 5.75. The number of ether oxygens (including phenoxy) is 1. The van der Waals surface area contributed by atoms with Gasteiger partial charge in [0.25, 0.3) is 0 Å². The summed E-state index contributed by atoms with van der Waals surface area (Å²) in [6.45, 7) is 4.16. The Labute approximate surface area is 121 Å². The molecule has 0 spiro atoms. The molecule has 0 N–H and O–H groups in total. The number of benzene rings is 2. The van der Waals surface area contributed by atoms with Gasteiger partial charge in [0.05, 0.1) is 11.6 Å². The highest BCUT2D eigenvalue weighted by Crippen LogP contribution is 2.37. The highest BCUT2D eigenvalue weighted by Gasteiger charge is 2.26. The molecule has 0 fully saturated rings. The van der Waals surface area contributed by atoms with E-state index >= 15 is 0 Å². The van der Waals surface area contributed by atoms with Crippen molar-refractivity contribution in [2.45, 2.75) is 19.3 Å². The van der Waals surface area contributed by atoms with Crippen molar-refractivity contribution in [1.82, 2.24) is 0 Å². The molecular formula is C16H16BrFO. The Bertz CT molecular complexity index is 576. The van der Waals surface area contributed by atoms with Crippen molar-refractivity contribution in [3.05, 3.63) is 63.9 Å². The van der Waals surface area contributed by atoms with Gasteiger partial charge in [0.15, 0.2) is 0 Å². The van der Waals surface area contributed by atoms with Gasteiger partial charge >= 0.3 is 0 Å². The minimum atomic E-state index is -0.285. The quantitative estimate of drug-likeness (QED) is 0.779. The van der Waals surface area contributed by atoms with Crippen LogP contribution in [0.4, 0.5) is 4.39 Å². The monoisotopic (exact) mass is 322 g/mol. The van der Waals surface area contributed by atoms with E-state index in [1.54, 1.807) is 13.2 Å². The summed E-state index contributed by atoms with van der Waals surface area (Å²) in [5, 5.41) is 0. The maximum Gasteiger partial charge on any atom is 0.137 e. The van der Waals surface area contributed by atoms with Crippen LogP contribution in [0.25, 0.3) is 0 Å². The van der Waals surface area contributed by atoms with Gasteiger partial charge in [0.2, 0.25) is 0 Å². The van der Waals surface area contributed by atoms with Crippen molar-refractivity contribution in [3.8, 4) is 5.75 Å². The van der Waals surface area contributed by atoms with Crippen LogP contribution in [-0.4, -0.2) is 7.11 Å². The molecule has 0 unspecified atom stereocenters. The molecule has 0 bridgehead atoms. The average Bonchev–Trinajstić information content (AvgIpc) is 2.41. The summed E-state index contributed by atoms with van der Waals surface area (Å²) in [5.41, 5.74) is 1.75.